The second-order valence-electron chi connectivity index (χ2n) is 5.69. The van der Waals surface area contributed by atoms with Gasteiger partial charge in [-0.05, 0) is 17.7 Å². The number of halogens is 2. The molecule has 0 aliphatic carbocycles. The third-order valence-corrected chi connectivity index (χ3v) is 3.07. The maximum Gasteiger partial charge on any atom is 0.252 e. The SMILES string of the molecule is CC(C)(C)C(=O)N1OCC[C@H]1c1ccc(F)c(F)c1. The van der Waals surface area contributed by atoms with Crippen molar-refractivity contribution >= 4 is 5.91 Å². The first kappa shape index (κ1) is 13.9. The van der Waals surface area contributed by atoms with Crippen LogP contribution in [0.1, 0.15) is 38.8 Å². The molecule has 19 heavy (non-hydrogen) atoms. The Kier molecular flexibility index (Phi) is 3.58. The van der Waals surface area contributed by atoms with Gasteiger partial charge in [0, 0.05) is 11.8 Å². The van der Waals surface area contributed by atoms with Crippen LogP contribution < -0.4 is 0 Å². The van der Waals surface area contributed by atoms with Gasteiger partial charge in [-0.15, -0.1) is 0 Å². The van der Waals surface area contributed by atoms with Crippen LogP contribution in [0.3, 0.4) is 0 Å². The standard InChI is InChI=1S/C14H17F2NO2/c1-14(2,3)13(18)17-12(6-7-19-17)9-4-5-10(15)11(16)8-9/h4-5,8,12H,6-7H2,1-3H3/t12-/m0/s1. The van der Waals surface area contributed by atoms with Crippen molar-refractivity contribution in [1.82, 2.24) is 5.06 Å². The molecule has 1 aromatic carbocycles. The predicted molar refractivity (Wildman–Crippen MR) is 66.0 cm³/mol. The van der Waals surface area contributed by atoms with Gasteiger partial charge in [0.1, 0.15) is 0 Å². The number of hydrogen-bond acceptors (Lipinski definition) is 2. The third-order valence-electron chi connectivity index (χ3n) is 3.07. The van der Waals surface area contributed by atoms with Crippen molar-refractivity contribution in [1.29, 1.82) is 0 Å². The molecule has 0 saturated carbocycles. The molecule has 0 radical (unpaired) electrons. The van der Waals surface area contributed by atoms with Crippen LogP contribution in [-0.2, 0) is 9.63 Å². The van der Waals surface area contributed by atoms with E-state index in [1.165, 1.54) is 11.1 Å². The Bertz CT molecular complexity index is 497. The minimum absolute atomic E-state index is 0.167. The Hall–Kier alpha value is -1.49. The molecular formula is C14H17F2NO2. The summed E-state index contributed by atoms with van der Waals surface area (Å²) >= 11 is 0. The highest BCUT2D eigenvalue weighted by atomic mass is 19.2. The molecule has 0 unspecified atom stereocenters. The maximum atomic E-state index is 13.3. The van der Waals surface area contributed by atoms with Crippen molar-refractivity contribution in [3.05, 3.63) is 35.4 Å². The van der Waals surface area contributed by atoms with Gasteiger partial charge < -0.3 is 0 Å². The highest BCUT2D eigenvalue weighted by molar-refractivity contribution is 5.81. The molecule has 1 saturated heterocycles. The fourth-order valence-electron chi connectivity index (χ4n) is 2.02. The molecule has 1 amide bonds. The fourth-order valence-corrected chi connectivity index (χ4v) is 2.02. The van der Waals surface area contributed by atoms with Crippen LogP contribution in [-0.4, -0.2) is 17.6 Å². The van der Waals surface area contributed by atoms with Crippen molar-refractivity contribution in [2.75, 3.05) is 6.61 Å². The number of nitrogens with zero attached hydrogens (tertiary/aromatic N) is 1. The molecule has 1 heterocycles. The zero-order valence-electron chi connectivity index (χ0n) is 11.2. The first-order chi connectivity index (χ1) is 8.80. The Morgan fingerprint density at radius 1 is 1.32 bits per heavy atom. The van der Waals surface area contributed by atoms with Gasteiger partial charge in [-0.2, -0.15) is 0 Å². The van der Waals surface area contributed by atoms with Crippen molar-refractivity contribution < 1.29 is 18.4 Å². The summed E-state index contributed by atoms with van der Waals surface area (Å²) < 4.78 is 26.2. The van der Waals surface area contributed by atoms with Gasteiger partial charge in [-0.1, -0.05) is 26.8 Å². The Morgan fingerprint density at radius 3 is 2.58 bits per heavy atom. The number of carbonyl (C=O) groups is 1. The fraction of sp³-hybridized carbons (Fsp3) is 0.500. The van der Waals surface area contributed by atoms with Crippen LogP contribution in [0, 0.1) is 17.0 Å². The van der Waals surface area contributed by atoms with Crippen LogP contribution >= 0.6 is 0 Å². The second-order valence-corrected chi connectivity index (χ2v) is 5.69. The molecule has 1 atom stereocenters. The van der Waals surface area contributed by atoms with Crippen LogP contribution in [0.2, 0.25) is 0 Å². The van der Waals surface area contributed by atoms with Crippen LogP contribution in [0.4, 0.5) is 8.78 Å². The summed E-state index contributed by atoms with van der Waals surface area (Å²) in [4.78, 5) is 17.6. The quantitative estimate of drug-likeness (QED) is 0.783. The first-order valence-corrected chi connectivity index (χ1v) is 6.22. The summed E-state index contributed by atoms with van der Waals surface area (Å²) in [5.74, 6) is -1.97. The smallest absolute Gasteiger partial charge is 0.252 e. The van der Waals surface area contributed by atoms with Gasteiger partial charge in [-0.25, -0.2) is 13.8 Å². The summed E-state index contributed by atoms with van der Waals surface area (Å²) in [6.07, 6.45) is 0.576. The molecule has 0 bridgehead atoms. The molecule has 3 nitrogen and oxygen atoms in total. The number of hydrogen-bond donors (Lipinski definition) is 0. The van der Waals surface area contributed by atoms with E-state index in [-0.39, 0.29) is 11.9 Å². The van der Waals surface area contributed by atoms with Crippen LogP contribution in [0.5, 0.6) is 0 Å². The van der Waals surface area contributed by atoms with E-state index in [1.54, 1.807) is 20.8 Å². The van der Waals surface area contributed by atoms with Gasteiger partial charge >= 0.3 is 0 Å². The molecule has 0 aromatic heterocycles. The molecular weight excluding hydrogens is 252 g/mol. The molecule has 1 aromatic rings. The van der Waals surface area contributed by atoms with Crippen molar-refractivity contribution in [3.63, 3.8) is 0 Å². The van der Waals surface area contributed by atoms with E-state index in [2.05, 4.69) is 0 Å². The van der Waals surface area contributed by atoms with Crippen LogP contribution in [0.15, 0.2) is 18.2 Å². The topological polar surface area (TPSA) is 29.5 Å². The minimum Gasteiger partial charge on any atom is -0.272 e. The van der Waals surface area contributed by atoms with E-state index in [4.69, 9.17) is 4.84 Å². The van der Waals surface area contributed by atoms with Gasteiger partial charge in [0.05, 0.1) is 12.6 Å². The Balaban J connectivity index is 2.28. The normalized spacial score (nSPS) is 19.8. The van der Waals surface area contributed by atoms with Gasteiger partial charge in [-0.3, -0.25) is 9.63 Å². The van der Waals surface area contributed by atoms with E-state index < -0.39 is 17.0 Å². The number of benzene rings is 1. The molecule has 1 aliphatic rings. The summed E-state index contributed by atoms with van der Waals surface area (Å²) in [5, 5.41) is 1.28. The molecule has 1 fully saturated rings. The molecule has 0 N–H and O–H groups in total. The lowest BCUT2D eigenvalue weighted by Gasteiger charge is -2.29. The summed E-state index contributed by atoms with van der Waals surface area (Å²) in [7, 11) is 0. The highest BCUT2D eigenvalue weighted by Crippen LogP contribution is 2.34. The first-order valence-electron chi connectivity index (χ1n) is 6.22. The lowest BCUT2D eigenvalue weighted by Crippen LogP contribution is -2.38. The molecule has 1 aliphatic heterocycles. The average Bonchev–Trinajstić information content (AvgIpc) is 2.79. The highest BCUT2D eigenvalue weighted by Gasteiger charge is 2.37. The van der Waals surface area contributed by atoms with Gasteiger partial charge in [0.15, 0.2) is 11.6 Å². The van der Waals surface area contributed by atoms with E-state index in [0.717, 1.165) is 12.1 Å². The third kappa shape index (κ3) is 2.76. The van der Waals surface area contributed by atoms with Crippen LogP contribution in [0.25, 0.3) is 0 Å². The summed E-state index contributed by atoms with van der Waals surface area (Å²) in [5.41, 5.74) is -0.0322. The number of carbonyl (C=O) groups excluding carboxylic acids is 1. The lowest BCUT2D eigenvalue weighted by atomic mass is 9.94. The summed E-state index contributed by atoms with van der Waals surface area (Å²) in [6.45, 7) is 5.77. The molecule has 5 heteroatoms. The Morgan fingerprint density at radius 2 is 2.00 bits per heavy atom. The zero-order valence-corrected chi connectivity index (χ0v) is 11.2. The van der Waals surface area contributed by atoms with Gasteiger partial charge in [0.25, 0.3) is 5.91 Å². The molecule has 2 rings (SSSR count). The van der Waals surface area contributed by atoms with Crippen molar-refractivity contribution in [2.45, 2.75) is 33.2 Å². The monoisotopic (exact) mass is 269 g/mol. The summed E-state index contributed by atoms with van der Waals surface area (Å²) in [6, 6.07) is 3.32. The zero-order chi connectivity index (χ0) is 14.2. The lowest BCUT2D eigenvalue weighted by molar-refractivity contribution is -0.186. The molecule has 104 valence electrons. The number of hydroxylamine groups is 2. The Labute approximate surface area is 111 Å². The van der Waals surface area contributed by atoms with E-state index in [1.807, 2.05) is 0 Å². The number of rotatable bonds is 1. The maximum absolute atomic E-state index is 13.3. The molecule has 0 spiro atoms. The average molecular weight is 269 g/mol. The predicted octanol–water partition coefficient (Wildman–Crippen LogP) is 3.22. The van der Waals surface area contributed by atoms with Crippen molar-refractivity contribution in [3.8, 4) is 0 Å². The van der Waals surface area contributed by atoms with E-state index >= 15 is 0 Å². The van der Waals surface area contributed by atoms with Gasteiger partial charge in [0.2, 0.25) is 0 Å². The minimum atomic E-state index is -0.910. The van der Waals surface area contributed by atoms with E-state index in [9.17, 15) is 13.6 Å². The largest absolute Gasteiger partial charge is 0.272 e. The number of amides is 1. The second kappa shape index (κ2) is 4.89. The van der Waals surface area contributed by atoms with Crippen molar-refractivity contribution in [2.24, 2.45) is 5.41 Å². The van der Waals surface area contributed by atoms with E-state index in [0.29, 0.717) is 18.6 Å².